The number of carbonyl (C=O) groups is 1. The first kappa shape index (κ1) is 17.4. The second-order valence-electron chi connectivity index (χ2n) is 6.52. The van der Waals surface area contributed by atoms with Gasteiger partial charge in [-0.15, -0.1) is 11.3 Å². The van der Waals surface area contributed by atoms with Crippen LogP contribution in [0.5, 0.6) is 0 Å². The zero-order valence-electron chi connectivity index (χ0n) is 15.3. The predicted octanol–water partition coefficient (Wildman–Crippen LogP) is 3.97. The second-order valence-corrected chi connectivity index (χ2v) is 7.58. The number of pyridine rings is 1. The fourth-order valence-electron chi connectivity index (χ4n) is 2.80. The average molecular weight is 381 g/mol. The molecule has 4 rings (SSSR count). The molecule has 0 aliphatic rings. The summed E-state index contributed by atoms with van der Waals surface area (Å²) < 4.78 is 7.60. The molecule has 0 aliphatic carbocycles. The third-order valence-electron chi connectivity index (χ3n) is 4.14. The molecule has 27 heavy (non-hydrogen) atoms. The number of fused-ring (bicyclic) bond motifs is 1. The Hall–Kier alpha value is -3.00. The monoisotopic (exact) mass is 381 g/mol. The summed E-state index contributed by atoms with van der Waals surface area (Å²) in [6, 6.07) is 5.72. The van der Waals surface area contributed by atoms with E-state index >= 15 is 0 Å². The summed E-state index contributed by atoms with van der Waals surface area (Å²) in [4.78, 5) is 21.2. The van der Waals surface area contributed by atoms with Gasteiger partial charge in [0.25, 0.3) is 5.91 Å². The van der Waals surface area contributed by atoms with Crippen LogP contribution in [0.15, 0.2) is 40.4 Å². The van der Waals surface area contributed by atoms with Crippen molar-refractivity contribution in [2.24, 2.45) is 0 Å². The van der Waals surface area contributed by atoms with E-state index in [1.165, 1.54) is 0 Å². The van der Waals surface area contributed by atoms with Gasteiger partial charge >= 0.3 is 0 Å². The maximum atomic E-state index is 12.5. The first-order chi connectivity index (χ1) is 13.0. The van der Waals surface area contributed by atoms with Crippen molar-refractivity contribution in [2.45, 2.75) is 33.4 Å². The van der Waals surface area contributed by atoms with E-state index in [-0.39, 0.29) is 11.9 Å². The number of nitrogens with one attached hydrogen (secondary N) is 1. The van der Waals surface area contributed by atoms with Gasteiger partial charge in [0.2, 0.25) is 0 Å². The Morgan fingerprint density at radius 1 is 1.33 bits per heavy atom. The summed E-state index contributed by atoms with van der Waals surface area (Å²) in [5.74, 6) is 1.17. The van der Waals surface area contributed by atoms with E-state index in [1.54, 1.807) is 29.8 Å². The normalized spacial score (nSPS) is 11.4. The van der Waals surface area contributed by atoms with Crippen LogP contribution >= 0.6 is 11.3 Å². The van der Waals surface area contributed by atoms with Gasteiger partial charge in [-0.1, -0.05) is 0 Å². The van der Waals surface area contributed by atoms with Crippen molar-refractivity contribution in [3.63, 3.8) is 0 Å². The summed E-state index contributed by atoms with van der Waals surface area (Å²) in [5, 5.41) is 11.0. The largest absolute Gasteiger partial charge is 0.458 e. The number of aryl methyl sites for hydroxylation is 1. The minimum absolute atomic E-state index is 0.204. The van der Waals surface area contributed by atoms with Gasteiger partial charge in [-0.25, -0.2) is 14.6 Å². The molecule has 1 amide bonds. The predicted molar refractivity (Wildman–Crippen MR) is 104 cm³/mol. The number of aromatic nitrogens is 4. The molecule has 0 saturated heterocycles. The number of hydrogen-bond acceptors (Lipinski definition) is 6. The minimum atomic E-state index is -0.204. The molecule has 138 valence electrons. The first-order valence-corrected chi connectivity index (χ1v) is 9.52. The number of amides is 1. The molecular weight excluding hydrogens is 362 g/mol. The lowest BCUT2D eigenvalue weighted by atomic mass is 10.2. The topological polar surface area (TPSA) is 85.8 Å². The Kier molecular flexibility index (Phi) is 4.49. The van der Waals surface area contributed by atoms with Crippen molar-refractivity contribution in [1.82, 2.24) is 25.1 Å². The van der Waals surface area contributed by atoms with Crippen molar-refractivity contribution in [1.29, 1.82) is 0 Å². The smallest absolute Gasteiger partial charge is 0.253 e. The molecule has 0 spiro atoms. The fourth-order valence-corrected chi connectivity index (χ4v) is 3.40. The molecule has 0 aliphatic heterocycles. The van der Waals surface area contributed by atoms with Crippen LogP contribution in [-0.4, -0.2) is 25.7 Å². The van der Waals surface area contributed by atoms with Crippen LogP contribution in [-0.2, 0) is 6.54 Å². The lowest BCUT2D eigenvalue weighted by Crippen LogP contribution is -2.22. The molecule has 0 bridgehead atoms. The summed E-state index contributed by atoms with van der Waals surface area (Å²) in [5.41, 5.74) is 2.08. The van der Waals surface area contributed by atoms with Gasteiger partial charge in [0, 0.05) is 23.0 Å². The highest BCUT2D eigenvalue weighted by Gasteiger charge is 2.13. The maximum Gasteiger partial charge on any atom is 0.253 e. The zero-order valence-corrected chi connectivity index (χ0v) is 16.1. The number of furan rings is 1. The number of hydrogen-bond donors (Lipinski definition) is 1. The molecule has 8 heteroatoms. The number of nitrogens with zero attached hydrogens (tertiary/aromatic N) is 4. The number of carbonyl (C=O) groups excluding carboxylic acids is 1. The quantitative estimate of drug-likeness (QED) is 0.565. The van der Waals surface area contributed by atoms with E-state index in [9.17, 15) is 4.79 Å². The molecule has 0 radical (unpaired) electrons. The van der Waals surface area contributed by atoms with Crippen molar-refractivity contribution < 1.29 is 9.21 Å². The van der Waals surface area contributed by atoms with Crippen molar-refractivity contribution in [3.8, 4) is 11.5 Å². The third-order valence-corrected chi connectivity index (χ3v) is 4.91. The minimum Gasteiger partial charge on any atom is -0.458 e. The van der Waals surface area contributed by atoms with E-state index < -0.39 is 0 Å². The fraction of sp³-hybridized carbons (Fsp3) is 0.263. The molecule has 4 aromatic rings. The Bertz CT molecular complexity index is 1110. The van der Waals surface area contributed by atoms with E-state index in [0.717, 1.165) is 21.7 Å². The molecule has 0 saturated carbocycles. The summed E-state index contributed by atoms with van der Waals surface area (Å²) in [6.45, 7) is 6.33. The maximum absolute atomic E-state index is 12.5. The molecule has 0 unspecified atom stereocenters. The van der Waals surface area contributed by atoms with Gasteiger partial charge in [-0.05, 0) is 39.0 Å². The Morgan fingerprint density at radius 2 is 2.19 bits per heavy atom. The van der Waals surface area contributed by atoms with E-state index in [2.05, 4.69) is 20.4 Å². The highest BCUT2D eigenvalue weighted by molar-refractivity contribution is 7.09. The van der Waals surface area contributed by atoms with E-state index in [4.69, 9.17) is 4.42 Å². The zero-order chi connectivity index (χ0) is 19.0. The van der Waals surface area contributed by atoms with Gasteiger partial charge in [-0.2, -0.15) is 5.10 Å². The van der Waals surface area contributed by atoms with Crippen LogP contribution < -0.4 is 5.32 Å². The lowest BCUT2D eigenvalue weighted by Gasteiger charge is -2.07. The molecule has 4 aromatic heterocycles. The molecule has 7 nitrogen and oxygen atoms in total. The number of thiazole rings is 1. The summed E-state index contributed by atoms with van der Waals surface area (Å²) >= 11 is 1.57. The van der Waals surface area contributed by atoms with Crippen LogP contribution in [0.3, 0.4) is 0 Å². The van der Waals surface area contributed by atoms with Crippen molar-refractivity contribution >= 4 is 28.3 Å². The molecule has 4 heterocycles. The van der Waals surface area contributed by atoms with Crippen LogP contribution in [0.2, 0.25) is 0 Å². The van der Waals surface area contributed by atoms with E-state index in [1.807, 2.05) is 43.0 Å². The third kappa shape index (κ3) is 3.48. The van der Waals surface area contributed by atoms with Crippen LogP contribution in [0, 0.1) is 6.92 Å². The molecule has 0 aromatic carbocycles. The first-order valence-electron chi connectivity index (χ1n) is 8.64. The lowest BCUT2D eigenvalue weighted by molar-refractivity contribution is 0.0948. The van der Waals surface area contributed by atoms with Gasteiger partial charge < -0.3 is 9.73 Å². The van der Waals surface area contributed by atoms with Gasteiger partial charge in [0.1, 0.15) is 11.5 Å². The van der Waals surface area contributed by atoms with Crippen LogP contribution in [0.4, 0.5) is 0 Å². The number of rotatable bonds is 5. The summed E-state index contributed by atoms with van der Waals surface area (Å²) in [6.07, 6.45) is 3.30. The molecule has 1 N–H and O–H groups in total. The molecule has 0 atom stereocenters. The SMILES string of the molecule is Cc1nc(-c2ccc(CNC(=O)c3cnc4c(cnn4C(C)C)c3)o2)cs1. The van der Waals surface area contributed by atoms with Gasteiger partial charge in [0.15, 0.2) is 11.4 Å². The highest BCUT2D eigenvalue weighted by atomic mass is 32.1. The Labute approximate surface area is 160 Å². The van der Waals surface area contributed by atoms with Crippen molar-refractivity contribution in [2.75, 3.05) is 0 Å². The van der Waals surface area contributed by atoms with Gasteiger partial charge in [-0.3, -0.25) is 4.79 Å². The van der Waals surface area contributed by atoms with Crippen LogP contribution in [0.1, 0.15) is 41.0 Å². The van der Waals surface area contributed by atoms with Gasteiger partial charge in [0.05, 0.1) is 23.3 Å². The Morgan fingerprint density at radius 3 is 2.93 bits per heavy atom. The molecular formula is C19H19N5O2S. The Balaban J connectivity index is 1.45. The standard InChI is InChI=1S/C19H19N5O2S/c1-11(2)24-18-13(8-22-24)6-14(7-20-18)19(25)21-9-15-4-5-17(26-15)16-10-27-12(3)23-16/h4-8,10-11H,9H2,1-3H3,(H,21,25). The average Bonchev–Trinajstić information content (AvgIpc) is 3.37. The highest BCUT2D eigenvalue weighted by Crippen LogP contribution is 2.24. The van der Waals surface area contributed by atoms with Crippen molar-refractivity contribution in [3.05, 3.63) is 52.3 Å². The summed E-state index contributed by atoms with van der Waals surface area (Å²) in [7, 11) is 0. The second kappa shape index (κ2) is 6.96. The van der Waals surface area contributed by atoms with E-state index in [0.29, 0.717) is 23.6 Å². The molecule has 0 fully saturated rings. The van der Waals surface area contributed by atoms with Crippen LogP contribution in [0.25, 0.3) is 22.5 Å².